The van der Waals surface area contributed by atoms with E-state index >= 15 is 0 Å². The molecule has 0 saturated heterocycles. The van der Waals surface area contributed by atoms with Crippen LogP contribution in [-0.4, -0.2) is 42.7 Å². The van der Waals surface area contributed by atoms with Gasteiger partial charge in [-0.05, 0) is 49.6 Å². The molecule has 30 heavy (non-hydrogen) atoms. The Morgan fingerprint density at radius 3 is 2.40 bits per heavy atom. The number of anilines is 1. The van der Waals surface area contributed by atoms with Crippen LogP contribution in [0.3, 0.4) is 0 Å². The summed E-state index contributed by atoms with van der Waals surface area (Å²) in [6.45, 7) is 2.32. The second kappa shape index (κ2) is 12.8. The molecule has 0 aliphatic carbocycles. The molecule has 0 aromatic heterocycles. The zero-order valence-electron chi connectivity index (χ0n) is 16.9. The van der Waals surface area contributed by atoms with Gasteiger partial charge in [-0.2, -0.15) is 12.6 Å². The number of hydrogen-bond acceptors (Lipinski definition) is 7. The largest absolute Gasteiger partial charge is 0.491 e. The Bertz CT molecular complexity index is 794. The van der Waals surface area contributed by atoms with E-state index < -0.39 is 18.2 Å². The van der Waals surface area contributed by atoms with Gasteiger partial charge in [-0.1, -0.05) is 29.8 Å². The first-order valence-corrected chi connectivity index (χ1v) is 10.3. The summed E-state index contributed by atoms with van der Waals surface area (Å²) in [5.41, 5.74) is 2.51. The number of aliphatic hydroxyl groups excluding tert-OH is 1. The van der Waals surface area contributed by atoms with Crippen molar-refractivity contribution in [2.45, 2.75) is 25.9 Å². The second-order valence-electron chi connectivity index (χ2n) is 6.55. The Labute approximate surface area is 181 Å². The minimum atomic E-state index is -0.572. The van der Waals surface area contributed by atoms with Crippen LogP contribution in [0.4, 0.5) is 10.5 Å². The lowest BCUT2D eigenvalue weighted by atomic mass is 10.0. The number of hydrogen-bond donors (Lipinski definition) is 3. The average Bonchev–Trinajstić information content (AvgIpc) is 2.76. The number of nitrogens with one attached hydrogen (secondary N) is 1. The highest BCUT2D eigenvalue weighted by molar-refractivity contribution is 7.81. The lowest BCUT2D eigenvalue weighted by Crippen LogP contribution is -2.18. The minimum absolute atomic E-state index is 0.0220. The van der Waals surface area contributed by atoms with Gasteiger partial charge in [0.15, 0.2) is 0 Å². The van der Waals surface area contributed by atoms with E-state index in [4.69, 9.17) is 19.3 Å². The maximum absolute atomic E-state index is 12.4. The van der Waals surface area contributed by atoms with E-state index in [0.717, 1.165) is 11.1 Å². The molecule has 2 N–H and O–H groups in total. The molecule has 2 aromatic carbocycles. The third kappa shape index (κ3) is 8.34. The van der Waals surface area contributed by atoms with Gasteiger partial charge in [0.1, 0.15) is 18.5 Å². The fraction of sp³-hybridized carbons (Fsp3) is 0.364. The topological polar surface area (TPSA) is 94.1 Å². The molecule has 8 heteroatoms. The summed E-state index contributed by atoms with van der Waals surface area (Å²) >= 11 is 3.87. The van der Waals surface area contributed by atoms with Gasteiger partial charge in [-0.25, -0.2) is 4.79 Å². The number of aryl methyl sites for hydroxylation is 1. The molecule has 162 valence electrons. The zero-order chi connectivity index (χ0) is 21.8. The highest BCUT2D eigenvalue weighted by atomic mass is 32.1. The summed E-state index contributed by atoms with van der Waals surface area (Å²) in [5, 5.41) is 11.6. The third-order valence-electron chi connectivity index (χ3n) is 4.16. The van der Waals surface area contributed by atoms with Gasteiger partial charge in [0.2, 0.25) is 0 Å². The van der Waals surface area contributed by atoms with Crippen LogP contribution in [0.15, 0.2) is 48.5 Å². The number of carbonyl (C=O) groups excluding carboxylic acids is 2. The molecule has 2 rings (SSSR count). The summed E-state index contributed by atoms with van der Waals surface area (Å²) in [4.78, 5) is 23.6. The number of rotatable bonds is 11. The summed E-state index contributed by atoms with van der Waals surface area (Å²) in [7, 11) is 0. The predicted octanol–water partition coefficient (Wildman–Crippen LogP) is 3.91. The van der Waals surface area contributed by atoms with Crippen molar-refractivity contribution in [1.82, 2.24) is 0 Å². The van der Waals surface area contributed by atoms with Gasteiger partial charge in [0, 0.05) is 5.69 Å². The van der Waals surface area contributed by atoms with Gasteiger partial charge in [-0.3, -0.25) is 10.1 Å². The molecular weight excluding hydrogens is 406 g/mol. The summed E-state index contributed by atoms with van der Waals surface area (Å²) in [5.74, 6) is 0.241. The second-order valence-corrected chi connectivity index (χ2v) is 6.86. The third-order valence-corrected chi connectivity index (χ3v) is 4.42. The molecule has 0 saturated carbocycles. The highest BCUT2D eigenvalue weighted by Gasteiger charge is 2.17. The van der Waals surface area contributed by atoms with Gasteiger partial charge < -0.3 is 19.3 Å². The molecule has 1 atom stereocenters. The predicted molar refractivity (Wildman–Crippen MR) is 117 cm³/mol. The maximum atomic E-state index is 12.4. The first-order valence-electron chi connectivity index (χ1n) is 9.66. The number of ether oxygens (including phenoxy) is 3. The fourth-order valence-corrected chi connectivity index (χ4v) is 2.74. The van der Waals surface area contributed by atoms with E-state index in [-0.39, 0.29) is 25.6 Å². The van der Waals surface area contributed by atoms with Gasteiger partial charge in [0.25, 0.3) is 0 Å². The summed E-state index contributed by atoms with van der Waals surface area (Å²) in [6.07, 6.45) is -0.114. The average molecular weight is 434 g/mol. The van der Waals surface area contributed by atoms with Crippen molar-refractivity contribution in [2.24, 2.45) is 0 Å². The van der Waals surface area contributed by atoms with Gasteiger partial charge in [0.05, 0.1) is 19.0 Å². The highest BCUT2D eigenvalue weighted by Crippen LogP contribution is 2.26. The number of amides is 1. The Morgan fingerprint density at radius 1 is 1.07 bits per heavy atom. The Kier molecular flexibility index (Phi) is 10.0. The summed E-state index contributed by atoms with van der Waals surface area (Å²) < 4.78 is 16.0. The SMILES string of the molecule is Cc1ccc(NC(=O)O[C@H](CCCOC(=O)CS)c2ccc(OCCO)cc2)cc1. The van der Waals surface area contributed by atoms with Crippen molar-refractivity contribution >= 4 is 30.4 Å². The molecule has 2 aromatic rings. The fourth-order valence-electron chi connectivity index (χ4n) is 2.65. The van der Waals surface area contributed by atoms with Crippen LogP contribution in [0.25, 0.3) is 0 Å². The number of thiol groups is 1. The number of benzene rings is 2. The molecule has 0 spiro atoms. The van der Waals surface area contributed by atoms with Crippen LogP contribution >= 0.6 is 12.6 Å². The van der Waals surface area contributed by atoms with Crippen LogP contribution in [0.1, 0.15) is 30.1 Å². The standard InChI is InChI=1S/C22H27NO6S/c1-16-4-8-18(9-5-16)23-22(26)29-20(3-2-13-28-21(25)15-30)17-6-10-19(11-7-17)27-14-12-24/h4-11,20,24,30H,2-3,12-15H2,1H3,(H,23,26)/t20-/m1/s1. The van der Waals surface area contributed by atoms with Crippen molar-refractivity contribution in [2.75, 3.05) is 30.9 Å². The van der Waals surface area contributed by atoms with E-state index in [2.05, 4.69) is 17.9 Å². The van der Waals surface area contributed by atoms with Crippen molar-refractivity contribution in [3.8, 4) is 5.75 Å². The van der Waals surface area contributed by atoms with Crippen LogP contribution in [0.5, 0.6) is 5.75 Å². The molecule has 7 nitrogen and oxygen atoms in total. The van der Waals surface area contributed by atoms with Crippen LogP contribution < -0.4 is 10.1 Å². The van der Waals surface area contributed by atoms with E-state index in [1.165, 1.54) is 0 Å². The van der Waals surface area contributed by atoms with Crippen molar-refractivity contribution in [3.05, 3.63) is 59.7 Å². The van der Waals surface area contributed by atoms with Crippen molar-refractivity contribution in [3.63, 3.8) is 0 Å². The molecule has 0 heterocycles. The van der Waals surface area contributed by atoms with E-state index in [9.17, 15) is 9.59 Å². The van der Waals surface area contributed by atoms with Crippen LogP contribution in [-0.2, 0) is 14.3 Å². The molecule has 0 fully saturated rings. The first-order chi connectivity index (χ1) is 14.5. The smallest absolute Gasteiger partial charge is 0.412 e. The molecule has 0 aliphatic heterocycles. The quantitative estimate of drug-likeness (QED) is 0.283. The molecule has 0 aliphatic rings. The Hall–Kier alpha value is -2.71. The molecular formula is C22H27NO6S. The van der Waals surface area contributed by atoms with Crippen molar-refractivity contribution < 1.29 is 28.9 Å². The van der Waals surface area contributed by atoms with Gasteiger partial charge >= 0.3 is 12.1 Å². The number of carbonyl (C=O) groups is 2. The minimum Gasteiger partial charge on any atom is -0.491 e. The first kappa shape index (κ1) is 23.6. The van der Waals surface area contributed by atoms with Crippen LogP contribution in [0, 0.1) is 6.92 Å². The van der Waals surface area contributed by atoms with Crippen molar-refractivity contribution in [1.29, 1.82) is 0 Å². The zero-order valence-corrected chi connectivity index (χ0v) is 17.8. The molecule has 0 bridgehead atoms. The van der Waals surface area contributed by atoms with E-state index in [1.54, 1.807) is 36.4 Å². The van der Waals surface area contributed by atoms with E-state index in [0.29, 0.717) is 24.3 Å². The molecule has 0 radical (unpaired) electrons. The lowest BCUT2D eigenvalue weighted by Gasteiger charge is -2.19. The molecule has 0 unspecified atom stereocenters. The molecule has 1 amide bonds. The number of aliphatic hydroxyl groups is 1. The Morgan fingerprint density at radius 2 is 1.77 bits per heavy atom. The van der Waals surface area contributed by atoms with E-state index in [1.807, 2.05) is 19.1 Å². The normalized spacial score (nSPS) is 11.4. The van der Waals surface area contributed by atoms with Crippen LogP contribution in [0.2, 0.25) is 0 Å². The monoisotopic (exact) mass is 433 g/mol. The summed E-state index contributed by atoms with van der Waals surface area (Å²) in [6, 6.07) is 14.5. The lowest BCUT2D eigenvalue weighted by molar-refractivity contribution is -0.140. The maximum Gasteiger partial charge on any atom is 0.412 e. The Balaban J connectivity index is 2.01. The number of esters is 1. The van der Waals surface area contributed by atoms with Gasteiger partial charge in [-0.15, -0.1) is 0 Å².